The fraction of sp³-hybridized carbons (Fsp3) is 0.588. The van der Waals surface area contributed by atoms with Crippen LogP contribution in [-0.4, -0.2) is 19.1 Å². The van der Waals surface area contributed by atoms with Gasteiger partial charge in [-0.05, 0) is 58.6 Å². The predicted octanol–water partition coefficient (Wildman–Crippen LogP) is 3.08. The van der Waals surface area contributed by atoms with Crippen LogP contribution in [0.15, 0.2) is 18.2 Å². The molecule has 0 saturated heterocycles. The first-order valence-corrected chi connectivity index (χ1v) is 7.46. The minimum Gasteiger partial charge on any atom is -0.464 e. The van der Waals surface area contributed by atoms with E-state index in [4.69, 9.17) is 4.74 Å². The van der Waals surface area contributed by atoms with Crippen LogP contribution in [0.1, 0.15) is 43.4 Å². The lowest BCUT2D eigenvalue weighted by molar-refractivity contribution is -0.151. The number of nitrogens with one attached hydrogen (secondary N) is 1. The summed E-state index contributed by atoms with van der Waals surface area (Å²) >= 11 is 0. The van der Waals surface area contributed by atoms with Crippen molar-refractivity contribution >= 4 is 5.97 Å². The zero-order valence-electron chi connectivity index (χ0n) is 13.0. The van der Waals surface area contributed by atoms with E-state index in [-0.39, 0.29) is 5.97 Å². The number of aryl methyl sites for hydroxylation is 2. The Morgan fingerprint density at radius 1 is 1.30 bits per heavy atom. The molecule has 1 fully saturated rings. The Morgan fingerprint density at radius 3 is 2.40 bits per heavy atom. The molecule has 0 aromatic heterocycles. The zero-order valence-corrected chi connectivity index (χ0v) is 13.0. The zero-order chi connectivity index (χ0) is 14.8. The Morgan fingerprint density at radius 2 is 1.90 bits per heavy atom. The van der Waals surface area contributed by atoms with E-state index in [0.717, 1.165) is 18.0 Å². The first-order chi connectivity index (χ1) is 9.45. The summed E-state index contributed by atoms with van der Waals surface area (Å²) in [7, 11) is 0. The van der Waals surface area contributed by atoms with Gasteiger partial charge in [0.1, 0.15) is 5.54 Å². The normalized spacial score (nSPS) is 17.6. The van der Waals surface area contributed by atoms with Gasteiger partial charge in [-0.25, -0.2) is 4.79 Å². The Hall–Kier alpha value is -1.35. The van der Waals surface area contributed by atoms with Crippen molar-refractivity contribution in [3.05, 3.63) is 34.9 Å². The van der Waals surface area contributed by atoms with E-state index in [2.05, 4.69) is 37.4 Å². The number of carbonyl (C=O) groups excluding carboxylic acids is 1. The third kappa shape index (κ3) is 3.40. The maximum atomic E-state index is 12.4. The molecule has 1 saturated carbocycles. The van der Waals surface area contributed by atoms with Crippen LogP contribution in [0.4, 0.5) is 0 Å². The van der Waals surface area contributed by atoms with Crippen molar-refractivity contribution < 1.29 is 9.53 Å². The first kappa shape index (κ1) is 15.0. The third-order valence-electron chi connectivity index (χ3n) is 3.92. The monoisotopic (exact) mass is 275 g/mol. The van der Waals surface area contributed by atoms with Crippen LogP contribution in [0.3, 0.4) is 0 Å². The van der Waals surface area contributed by atoms with Gasteiger partial charge in [0.2, 0.25) is 0 Å². The predicted molar refractivity (Wildman–Crippen MR) is 80.6 cm³/mol. The molecule has 1 aliphatic carbocycles. The van der Waals surface area contributed by atoms with Gasteiger partial charge in [0.25, 0.3) is 0 Å². The summed E-state index contributed by atoms with van der Waals surface area (Å²) in [5, 5.41) is 3.44. The molecule has 0 radical (unpaired) electrons. The number of benzene rings is 1. The lowest BCUT2D eigenvalue weighted by Gasteiger charge is -2.30. The molecule has 20 heavy (non-hydrogen) atoms. The Bertz CT molecular complexity index is 474. The second kappa shape index (κ2) is 5.96. The topological polar surface area (TPSA) is 38.3 Å². The van der Waals surface area contributed by atoms with E-state index in [1.807, 2.05) is 13.8 Å². The number of ether oxygens (including phenoxy) is 1. The fourth-order valence-corrected chi connectivity index (χ4v) is 2.50. The minimum atomic E-state index is -0.755. The average Bonchev–Trinajstić information content (AvgIpc) is 3.19. The summed E-state index contributed by atoms with van der Waals surface area (Å²) < 4.78 is 5.29. The van der Waals surface area contributed by atoms with Crippen molar-refractivity contribution in [3.63, 3.8) is 0 Å². The van der Waals surface area contributed by atoms with Crippen molar-refractivity contribution in [3.8, 4) is 0 Å². The molecule has 1 aliphatic rings. The van der Waals surface area contributed by atoms with Crippen molar-refractivity contribution in [2.45, 2.75) is 46.1 Å². The summed E-state index contributed by atoms with van der Waals surface area (Å²) in [6.45, 7) is 9.18. The second-order valence-electron chi connectivity index (χ2n) is 6.05. The summed E-state index contributed by atoms with van der Waals surface area (Å²) in [6, 6.07) is 6.27. The van der Waals surface area contributed by atoms with E-state index in [1.54, 1.807) is 0 Å². The van der Waals surface area contributed by atoms with Crippen LogP contribution in [0.2, 0.25) is 0 Å². The van der Waals surface area contributed by atoms with E-state index < -0.39 is 5.54 Å². The van der Waals surface area contributed by atoms with Crippen LogP contribution in [0.5, 0.6) is 0 Å². The highest BCUT2D eigenvalue weighted by Crippen LogP contribution is 2.31. The fourth-order valence-electron chi connectivity index (χ4n) is 2.50. The quantitative estimate of drug-likeness (QED) is 0.811. The van der Waals surface area contributed by atoms with Gasteiger partial charge in [-0.3, -0.25) is 5.32 Å². The molecule has 110 valence electrons. The highest BCUT2D eigenvalue weighted by molar-refractivity contribution is 5.82. The SMILES string of the molecule is CCOC(=O)C(C)(NCC1CC1)c1cc(C)cc(C)c1. The number of rotatable bonds is 6. The van der Waals surface area contributed by atoms with E-state index in [1.165, 1.54) is 24.0 Å². The number of hydrogen-bond donors (Lipinski definition) is 1. The molecule has 1 aromatic rings. The molecule has 0 bridgehead atoms. The molecule has 0 amide bonds. The van der Waals surface area contributed by atoms with E-state index in [9.17, 15) is 4.79 Å². The molecule has 3 nitrogen and oxygen atoms in total. The molecule has 1 atom stereocenters. The minimum absolute atomic E-state index is 0.189. The van der Waals surface area contributed by atoms with E-state index in [0.29, 0.717) is 6.61 Å². The standard InChI is InChI=1S/C17H25NO2/c1-5-20-16(19)17(4,18-11-14-6-7-14)15-9-12(2)8-13(3)10-15/h8-10,14,18H,5-7,11H2,1-4H3. The van der Waals surface area contributed by atoms with Crippen LogP contribution in [0, 0.1) is 19.8 Å². The van der Waals surface area contributed by atoms with Crippen molar-refractivity contribution in [2.24, 2.45) is 5.92 Å². The van der Waals surface area contributed by atoms with Crippen molar-refractivity contribution in [1.29, 1.82) is 0 Å². The lowest BCUT2D eigenvalue weighted by atomic mass is 9.89. The molecule has 1 unspecified atom stereocenters. The molecular formula is C17H25NO2. The Balaban J connectivity index is 2.29. The van der Waals surface area contributed by atoms with Crippen LogP contribution >= 0.6 is 0 Å². The largest absolute Gasteiger partial charge is 0.464 e. The van der Waals surface area contributed by atoms with Crippen LogP contribution in [0.25, 0.3) is 0 Å². The van der Waals surface area contributed by atoms with Gasteiger partial charge in [-0.2, -0.15) is 0 Å². The van der Waals surface area contributed by atoms with Gasteiger partial charge in [0.15, 0.2) is 0 Å². The first-order valence-electron chi connectivity index (χ1n) is 7.46. The van der Waals surface area contributed by atoms with Crippen molar-refractivity contribution in [1.82, 2.24) is 5.32 Å². The molecule has 0 aliphatic heterocycles. The van der Waals surface area contributed by atoms with Crippen molar-refractivity contribution in [2.75, 3.05) is 13.2 Å². The van der Waals surface area contributed by atoms with Gasteiger partial charge in [0, 0.05) is 0 Å². The lowest BCUT2D eigenvalue weighted by Crippen LogP contribution is -2.48. The number of carbonyl (C=O) groups is 1. The second-order valence-corrected chi connectivity index (χ2v) is 6.05. The maximum Gasteiger partial charge on any atom is 0.330 e. The molecule has 1 aromatic carbocycles. The van der Waals surface area contributed by atoms with Gasteiger partial charge in [-0.1, -0.05) is 29.3 Å². The Kier molecular flexibility index (Phi) is 4.48. The van der Waals surface area contributed by atoms with Gasteiger partial charge in [0.05, 0.1) is 6.61 Å². The van der Waals surface area contributed by atoms with Gasteiger partial charge >= 0.3 is 5.97 Å². The average molecular weight is 275 g/mol. The number of esters is 1. The maximum absolute atomic E-state index is 12.4. The van der Waals surface area contributed by atoms with Crippen LogP contribution < -0.4 is 5.32 Å². The molecule has 0 spiro atoms. The van der Waals surface area contributed by atoms with E-state index >= 15 is 0 Å². The molecule has 2 rings (SSSR count). The highest BCUT2D eigenvalue weighted by Gasteiger charge is 2.38. The van der Waals surface area contributed by atoms with Gasteiger partial charge in [-0.15, -0.1) is 0 Å². The number of hydrogen-bond acceptors (Lipinski definition) is 3. The highest BCUT2D eigenvalue weighted by atomic mass is 16.5. The summed E-state index contributed by atoms with van der Waals surface area (Å²) in [5.74, 6) is 0.528. The molecule has 0 heterocycles. The molecular weight excluding hydrogens is 250 g/mol. The smallest absolute Gasteiger partial charge is 0.330 e. The summed E-state index contributed by atoms with van der Waals surface area (Å²) in [6.07, 6.45) is 2.53. The molecule has 1 N–H and O–H groups in total. The third-order valence-corrected chi connectivity index (χ3v) is 3.92. The molecule has 3 heteroatoms. The Labute approximate surface area is 121 Å². The van der Waals surface area contributed by atoms with Crippen LogP contribution in [-0.2, 0) is 15.1 Å². The van der Waals surface area contributed by atoms with Gasteiger partial charge < -0.3 is 4.74 Å². The summed E-state index contributed by atoms with van der Waals surface area (Å²) in [4.78, 5) is 12.4. The summed E-state index contributed by atoms with van der Waals surface area (Å²) in [5.41, 5.74) is 2.58.